The van der Waals surface area contributed by atoms with E-state index in [1.807, 2.05) is 0 Å². The van der Waals surface area contributed by atoms with Gasteiger partial charge in [0.25, 0.3) is 0 Å². The first kappa shape index (κ1) is 14.5. The van der Waals surface area contributed by atoms with Crippen LogP contribution in [0.3, 0.4) is 0 Å². The number of piperidine rings is 1. The molecule has 21 heavy (non-hydrogen) atoms. The first-order valence-corrected chi connectivity index (χ1v) is 8.22. The highest BCUT2D eigenvalue weighted by Crippen LogP contribution is 2.21. The van der Waals surface area contributed by atoms with Crippen LogP contribution in [0.1, 0.15) is 32.4 Å². The van der Waals surface area contributed by atoms with Crippen LogP contribution in [0.25, 0.3) is 10.9 Å². The van der Waals surface area contributed by atoms with Gasteiger partial charge in [0, 0.05) is 31.1 Å². The zero-order chi connectivity index (χ0) is 14.7. The van der Waals surface area contributed by atoms with Crippen molar-refractivity contribution in [1.29, 1.82) is 0 Å². The maximum atomic E-state index is 4.84. The zero-order valence-electron chi connectivity index (χ0n) is 13.2. The van der Waals surface area contributed by atoms with E-state index < -0.39 is 0 Å². The number of hydrogen-bond acceptors (Lipinski definition) is 3. The van der Waals surface area contributed by atoms with Crippen molar-refractivity contribution in [2.75, 3.05) is 19.6 Å². The fraction of sp³-hybridized carbons (Fsp3) is 0.588. The average Bonchev–Trinajstić information content (AvgIpc) is 2.91. The largest absolute Gasteiger partial charge is 0.315 e. The SMILES string of the molecule is CCN(Cc1nn(CC)c2ccccc12)C1CCCNC1. The second kappa shape index (κ2) is 6.58. The van der Waals surface area contributed by atoms with Crippen LogP contribution < -0.4 is 5.32 Å². The number of nitrogens with one attached hydrogen (secondary N) is 1. The maximum absolute atomic E-state index is 4.84. The van der Waals surface area contributed by atoms with Crippen molar-refractivity contribution in [2.24, 2.45) is 0 Å². The second-order valence-electron chi connectivity index (χ2n) is 5.84. The van der Waals surface area contributed by atoms with Gasteiger partial charge in [-0.25, -0.2) is 0 Å². The molecule has 0 aliphatic carbocycles. The lowest BCUT2D eigenvalue weighted by Crippen LogP contribution is -2.45. The third-order valence-electron chi connectivity index (χ3n) is 4.58. The number of aryl methyl sites for hydroxylation is 1. The molecule has 1 aliphatic heterocycles. The van der Waals surface area contributed by atoms with E-state index in [0.29, 0.717) is 6.04 Å². The minimum Gasteiger partial charge on any atom is -0.315 e. The molecule has 1 atom stereocenters. The Hall–Kier alpha value is -1.39. The number of fused-ring (bicyclic) bond motifs is 1. The van der Waals surface area contributed by atoms with Crippen molar-refractivity contribution in [2.45, 2.75) is 45.8 Å². The third kappa shape index (κ3) is 2.97. The highest BCUT2D eigenvalue weighted by molar-refractivity contribution is 5.81. The normalized spacial score (nSPS) is 19.5. The van der Waals surface area contributed by atoms with Gasteiger partial charge in [-0.05, 0) is 38.9 Å². The van der Waals surface area contributed by atoms with Gasteiger partial charge in [0.2, 0.25) is 0 Å². The van der Waals surface area contributed by atoms with Crippen molar-refractivity contribution in [3.05, 3.63) is 30.0 Å². The molecule has 4 nitrogen and oxygen atoms in total. The standard InChI is InChI=1S/C17H26N4/c1-3-20(14-8-7-11-18-12-14)13-16-15-9-5-6-10-17(15)21(4-2)19-16/h5-6,9-10,14,18H,3-4,7-8,11-13H2,1-2H3. The van der Waals surface area contributed by atoms with E-state index >= 15 is 0 Å². The summed E-state index contributed by atoms with van der Waals surface area (Å²) in [6.07, 6.45) is 2.58. The Bertz CT molecular complexity index is 583. The number of rotatable bonds is 5. The molecule has 3 rings (SSSR count). The monoisotopic (exact) mass is 286 g/mol. The van der Waals surface area contributed by atoms with Crippen LogP contribution in [-0.2, 0) is 13.1 Å². The lowest BCUT2D eigenvalue weighted by atomic mass is 10.1. The molecule has 1 N–H and O–H groups in total. The Morgan fingerprint density at radius 1 is 1.33 bits per heavy atom. The summed E-state index contributed by atoms with van der Waals surface area (Å²) in [5, 5.41) is 9.67. The molecule has 1 aromatic heterocycles. The summed E-state index contributed by atoms with van der Waals surface area (Å²) in [4.78, 5) is 2.57. The summed E-state index contributed by atoms with van der Waals surface area (Å²) in [7, 11) is 0. The molecule has 2 heterocycles. The fourth-order valence-electron chi connectivity index (χ4n) is 3.39. The van der Waals surface area contributed by atoms with Crippen molar-refractivity contribution < 1.29 is 0 Å². The molecule has 0 saturated carbocycles. The van der Waals surface area contributed by atoms with E-state index in [4.69, 9.17) is 5.10 Å². The van der Waals surface area contributed by atoms with Crippen molar-refractivity contribution in [1.82, 2.24) is 20.0 Å². The van der Waals surface area contributed by atoms with Crippen LogP contribution >= 0.6 is 0 Å². The summed E-state index contributed by atoms with van der Waals surface area (Å²) in [6.45, 7) is 9.66. The maximum Gasteiger partial charge on any atom is 0.0843 e. The molecular weight excluding hydrogens is 260 g/mol. The molecule has 2 aromatic rings. The first-order valence-electron chi connectivity index (χ1n) is 8.22. The Labute approximate surface area is 127 Å². The summed E-state index contributed by atoms with van der Waals surface area (Å²) >= 11 is 0. The predicted molar refractivity (Wildman–Crippen MR) is 87.4 cm³/mol. The molecular formula is C17H26N4. The van der Waals surface area contributed by atoms with E-state index in [2.05, 4.69) is 53.0 Å². The highest BCUT2D eigenvalue weighted by atomic mass is 15.3. The van der Waals surface area contributed by atoms with Gasteiger partial charge in [0.05, 0.1) is 11.2 Å². The Kier molecular flexibility index (Phi) is 4.56. The predicted octanol–water partition coefficient (Wildman–Crippen LogP) is 2.63. The van der Waals surface area contributed by atoms with Crippen LogP contribution in [0.2, 0.25) is 0 Å². The van der Waals surface area contributed by atoms with Gasteiger partial charge in [0.1, 0.15) is 0 Å². The van der Waals surface area contributed by atoms with E-state index in [1.165, 1.54) is 36.0 Å². The molecule has 0 amide bonds. The topological polar surface area (TPSA) is 33.1 Å². The van der Waals surface area contributed by atoms with E-state index in [0.717, 1.165) is 26.2 Å². The van der Waals surface area contributed by atoms with Gasteiger partial charge in [-0.2, -0.15) is 5.10 Å². The fourth-order valence-corrected chi connectivity index (χ4v) is 3.39. The second-order valence-corrected chi connectivity index (χ2v) is 5.84. The summed E-state index contributed by atoms with van der Waals surface area (Å²) < 4.78 is 2.12. The molecule has 4 heteroatoms. The minimum atomic E-state index is 0.647. The Morgan fingerprint density at radius 2 is 2.19 bits per heavy atom. The molecule has 0 radical (unpaired) electrons. The van der Waals surface area contributed by atoms with Crippen LogP contribution in [0.4, 0.5) is 0 Å². The van der Waals surface area contributed by atoms with E-state index in [9.17, 15) is 0 Å². The Balaban J connectivity index is 1.85. The van der Waals surface area contributed by atoms with Gasteiger partial charge in [-0.15, -0.1) is 0 Å². The van der Waals surface area contributed by atoms with Gasteiger partial charge >= 0.3 is 0 Å². The average molecular weight is 286 g/mol. The lowest BCUT2D eigenvalue weighted by Gasteiger charge is -2.33. The first-order chi connectivity index (χ1) is 10.3. The van der Waals surface area contributed by atoms with Crippen LogP contribution in [-0.4, -0.2) is 40.4 Å². The molecule has 1 saturated heterocycles. The molecule has 1 aliphatic rings. The van der Waals surface area contributed by atoms with Crippen molar-refractivity contribution >= 4 is 10.9 Å². The van der Waals surface area contributed by atoms with Crippen molar-refractivity contribution in [3.8, 4) is 0 Å². The Morgan fingerprint density at radius 3 is 2.90 bits per heavy atom. The van der Waals surface area contributed by atoms with Gasteiger partial charge in [-0.3, -0.25) is 9.58 Å². The molecule has 114 valence electrons. The van der Waals surface area contributed by atoms with Gasteiger partial charge in [-0.1, -0.05) is 25.1 Å². The van der Waals surface area contributed by atoms with Gasteiger partial charge < -0.3 is 5.32 Å². The van der Waals surface area contributed by atoms with E-state index in [-0.39, 0.29) is 0 Å². The van der Waals surface area contributed by atoms with Crippen molar-refractivity contribution in [3.63, 3.8) is 0 Å². The molecule has 1 aromatic carbocycles. The van der Waals surface area contributed by atoms with Crippen LogP contribution in [0, 0.1) is 0 Å². The number of para-hydroxylation sites is 1. The molecule has 0 spiro atoms. The summed E-state index contributed by atoms with van der Waals surface area (Å²) in [5.41, 5.74) is 2.48. The number of nitrogens with zero attached hydrogens (tertiary/aromatic N) is 3. The molecule has 0 bridgehead atoms. The lowest BCUT2D eigenvalue weighted by molar-refractivity contribution is 0.164. The minimum absolute atomic E-state index is 0.647. The van der Waals surface area contributed by atoms with E-state index in [1.54, 1.807) is 0 Å². The van der Waals surface area contributed by atoms with Crippen LogP contribution in [0.15, 0.2) is 24.3 Å². The summed E-state index contributed by atoms with van der Waals surface area (Å²) in [5.74, 6) is 0. The number of hydrogen-bond donors (Lipinski definition) is 1. The van der Waals surface area contributed by atoms with Crippen LogP contribution in [0.5, 0.6) is 0 Å². The molecule has 1 fully saturated rings. The number of aromatic nitrogens is 2. The third-order valence-corrected chi connectivity index (χ3v) is 4.58. The van der Waals surface area contributed by atoms with Gasteiger partial charge in [0.15, 0.2) is 0 Å². The number of benzene rings is 1. The number of likely N-dealkylation sites (N-methyl/N-ethyl adjacent to an activating group) is 1. The highest BCUT2D eigenvalue weighted by Gasteiger charge is 2.21. The quantitative estimate of drug-likeness (QED) is 0.917. The smallest absolute Gasteiger partial charge is 0.0843 e. The zero-order valence-corrected chi connectivity index (χ0v) is 13.2. The summed E-state index contributed by atoms with van der Waals surface area (Å²) in [6, 6.07) is 9.24. The molecule has 1 unspecified atom stereocenters.